The third kappa shape index (κ3) is 17.4. The van der Waals surface area contributed by atoms with E-state index in [-0.39, 0.29) is 10.6 Å². The number of hydrogen-bond acceptors (Lipinski definition) is 2. The van der Waals surface area contributed by atoms with Crippen LogP contribution in [0, 0.1) is 5.21 Å². The maximum atomic E-state index is 11.6. The van der Waals surface area contributed by atoms with E-state index >= 15 is 0 Å². The SMILES string of the molecule is CCCCCCCCCCCCCC(=O)NCC[N+](C)(C)[O-]. The minimum atomic E-state index is -0.348. The van der Waals surface area contributed by atoms with E-state index in [1.165, 1.54) is 57.8 Å². The van der Waals surface area contributed by atoms with Crippen LogP contribution >= 0.6 is 0 Å². The number of unbranched alkanes of at least 4 members (excludes halogenated alkanes) is 10. The molecule has 0 heterocycles. The minimum absolute atomic E-state index is 0.0874. The van der Waals surface area contributed by atoms with Crippen molar-refractivity contribution in [1.29, 1.82) is 0 Å². The Morgan fingerprint density at radius 1 is 0.864 bits per heavy atom. The Morgan fingerprint density at radius 3 is 1.77 bits per heavy atom. The molecule has 0 saturated carbocycles. The van der Waals surface area contributed by atoms with Crippen molar-refractivity contribution in [2.45, 2.75) is 84.0 Å². The highest BCUT2D eigenvalue weighted by molar-refractivity contribution is 5.75. The molecule has 0 rings (SSSR count). The summed E-state index contributed by atoms with van der Waals surface area (Å²) in [6.07, 6.45) is 14.9. The standard InChI is InChI=1S/C18H38N2O2/c1-4-5-6-7-8-9-10-11-12-13-14-15-18(21)19-16-17-20(2,3)22/h4-17H2,1-3H3,(H,19,21). The van der Waals surface area contributed by atoms with Crippen LogP contribution in [0.25, 0.3) is 0 Å². The van der Waals surface area contributed by atoms with Gasteiger partial charge in [-0.2, -0.15) is 0 Å². The summed E-state index contributed by atoms with van der Waals surface area (Å²) in [6, 6.07) is 0. The lowest BCUT2D eigenvalue weighted by Crippen LogP contribution is -2.40. The van der Waals surface area contributed by atoms with Gasteiger partial charge in [-0.05, 0) is 6.42 Å². The Morgan fingerprint density at radius 2 is 1.32 bits per heavy atom. The second kappa shape index (κ2) is 14.0. The molecule has 0 aromatic carbocycles. The average molecular weight is 315 g/mol. The normalized spacial score (nSPS) is 11.6. The zero-order valence-corrected chi connectivity index (χ0v) is 15.2. The zero-order chi connectivity index (χ0) is 16.7. The Balaban J connectivity index is 3.20. The molecule has 0 aromatic heterocycles. The number of carbonyl (C=O) groups is 1. The summed E-state index contributed by atoms with van der Waals surface area (Å²) in [5, 5.41) is 14.2. The van der Waals surface area contributed by atoms with Crippen LogP contribution < -0.4 is 5.32 Å². The van der Waals surface area contributed by atoms with Gasteiger partial charge in [-0.1, -0.05) is 71.1 Å². The number of nitrogens with one attached hydrogen (secondary N) is 1. The van der Waals surface area contributed by atoms with Crippen LogP contribution in [0.1, 0.15) is 84.0 Å². The molecule has 22 heavy (non-hydrogen) atoms. The Kier molecular flexibility index (Phi) is 13.6. The quantitative estimate of drug-likeness (QED) is 0.277. The minimum Gasteiger partial charge on any atom is -0.633 e. The molecule has 1 amide bonds. The van der Waals surface area contributed by atoms with Gasteiger partial charge in [0, 0.05) is 6.42 Å². The van der Waals surface area contributed by atoms with Gasteiger partial charge in [0.25, 0.3) is 0 Å². The molecule has 4 heteroatoms. The van der Waals surface area contributed by atoms with Crippen LogP contribution in [-0.2, 0) is 4.79 Å². The molecular weight excluding hydrogens is 276 g/mol. The molecule has 0 spiro atoms. The summed E-state index contributed by atoms with van der Waals surface area (Å²) in [5.74, 6) is 0.0874. The molecule has 4 nitrogen and oxygen atoms in total. The fourth-order valence-corrected chi connectivity index (χ4v) is 2.50. The number of hydrogen-bond donors (Lipinski definition) is 1. The van der Waals surface area contributed by atoms with Crippen LogP contribution in [0.5, 0.6) is 0 Å². The first-order valence-electron chi connectivity index (χ1n) is 9.26. The maximum absolute atomic E-state index is 11.6. The van der Waals surface area contributed by atoms with Crippen molar-refractivity contribution in [3.63, 3.8) is 0 Å². The number of amides is 1. The van der Waals surface area contributed by atoms with Crippen LogP contribution in [0.15, 0.2) is 0 Å². The van der Waals surface area contributed by atoms with Gasteiger partial charge < -0.3 is 15.2 Å². The van der Waals surface area contributed by atoms with Gasteiger partial charge in [-0.15, -0.1) is 0 Å². The second-order valence-corrected chi connectivity index (χ2v) is 6.93. The summed E-state index contributed by atoms with van der Waals surface area (Å²) in [6.45, 7) is 3.17. The molecule has 0 saturated heterocycles. The maximum Gasteiger partial charge on any atom is 0.220 e. The number of likely N-dealkylation sites (N-methyl/N-ethyl adjacent to an activating group) is 1. The number of rotatable bonds is 15. The molecular formula is C18H38N2O2. The third-order valence-electron chi connectivity index (χ3n) is 3.98. The molecule has 0 radical (unpaired) electrons. The second-order valence-electron chi connectivity index (χ2n) is 6.93. The van der Waals surface area contributed by atoms with Crippen molar-refractivity contribution < 1.29 is 9.44 Å². The van der Waals surface area contributed by atoms with E-state index in [2.05, 4.69) is 12.2 Å². The average Bonchev–Trinajstić information content (AvgIpc) is 2.43. The van der Waals surface area contributed by atoms with Crippen molar-refractivity contribution in [3.05, 3.63) is 5.21 Å². The largest absolute Gasteiger partial charge is 0.633 e. The Labute approximate surface area is 137 Å². The van der Waals surface area contributed by atoms with Crippen LogP contribution in [0.3, 0.4) is 0 Å². The number of hydroxylamine groups is 3. The van der Waals surface area contributed by atoms with E-state index in [0.717, 1.165) is 12.8 Å². The van der Waals surface area contributed by atoms with E-state index in [0.29, 0.717) is 19.5 Å². The van der Waals surface area contributed by atoms with Crippen molar-refractivity contribution in [3.8, 4) is 0 Å². The fraction of sp³-hybridized carbons (Fsp3) is 0.944. The van der Waals surface area contributed by atoms with Crippen molar-refractivity contribution >= 4 is 5.91 Å². The van der Waals surface area contributed by atoms with Gasteiger partial charge in [0.05, 0.1) is 27.2 Å². The summed E-state index contributed by atoms with van der Waals surface area (Å²) in [5.41, 5.74) is 0. The molecule has 132 valence electrons. The number of quaternary nitrogens is 1. The fourth-order valence-electron chi connectivity index (χ4n) is 2.50. The predicted molar refractivity (Wildman–Crippen MR) is 94.4 cm³/mol. The highest BCUT2D eigenvalue weighted by Gasteiger charge is 2.04. The Hall–Kier alpha value is -0.610. The van der Waals surface area contributed by atoms with Gasteiger partial charge in [0.2, 0.25) is 5.91 Å². The van der Waals surface area contributed by atoms with Crippen molar-refractivity contribution in [2.24, 2.45) is 0 Å². The summed E-state index contributed by atoms with van der Waals surface area (Å²) in [7, 11) is 3.19. The monoisotopic (exact) mass is 314 g/mol. The van der Waals surface area contributed by atoms with Crippen LogP contribution in [-0.4, -0.2) is 37.7 Å². The zero-order valence-electron chi connectivity index (χ0n) is 15.2. The first kappa shape index (κ1) is 21.4. The van der Waals surface area contributed by atoms with E-state index in [4.69, 9.17) is 0 Å². The summed E-state index contributed by atoms with van der Waals surface area (Å²) >= 11 is 0. The van der Waals surface area contributed by atoms with E-state index < -0.39 is 0 Å². The van der Waals surface area contributed by atoms with E-state index in [9.17, 15) is 10.0 Å². The van der Waals surface area contributed by atoms with Gasteiger partial charge >= 0.3 is 0 Å². The summed E-state index contributed by atoms with van der Waals surface area (Å²) in [4.78, 5) is 11.6. The number of nitrogens with zero attached hydrogens (tertiary/aromatic N) is 1. The Bertz CT molecular complexity index is 262. The summed E-state index contributed by atoms with van der Waals surface area (Å²) < 4.78 is -0.348. The highest BCUT2D eigenvalue weighted by atomic mass is 16.5. The lowest BCUT2D eigenvalue weighted by Gasteiger charge is -2.33. The molecule has 0 aliphatic carbocycles. The van der Waals surface area contributed by atoms with Crippen molar-refractivity contribution in [2.75, 3.05) is 27.2 Å². The molecule has 0 fully saturated rings. The highest BCUT2D eigenvalue weighted by Crippen LogP contribution is 2.11. The van der Waals surface area contributed by atoms with Gasteiger partial charge in [-0.3, -0.25) is 4.79 Å². The predicted octanol–water partition coefficient (Wildman–Crippen LogP) is 4.38. The molecule has 0 atom stereocenters. The molecule has 0 aromatic rings. The van der Waals surface area contributed by atoms with Gasteiger partial charge in [-0.25, -0.2) is 0 Å². The first-order valence-corrected chi connectivity index (χ1v) is 9.26. The smallest absolute Gasteiger partial charge is 0.220 e. The first-order chi connectivity index (χ1) is 10.5. The number of carbonyl (C=O) groups excluding carboxylic acids is 1. The lowest BCUT2D eigenvalue weighted by molar-refractivity contribution is -0.838. The van der Waals surface area contributed by atoms with Gasteiger partial charge in [0.1, 0.15) is 0 Å². The van der Waals surface area contributed by atoms with Gasteiger partial charge in [0.15, 0.2) is 0 Å². The lowest BCUT2D eigenvalue weighted by atomic mass is 10.1. The molecule has 1 N–H and O–H groups in total. The molecule has 0 aliphatic heterocycles. The van der Waals surface area contributed by atoms with E-state index in [1.807, 2.05) is 0 Å². The van der Waals surface area contributed by atoms with Crippen LogP contribution in [0.4, 0.5) is 0 Å². The van der Waals surface area contributed by atoms with Crippen LogP contribution in [0.2, 0.25) is 0 Å². The van der Waals surface area contributed by atoms with Crippen molar-refractivity contribution in [1.82, 2.24) is 5.32 Å². The third-order valence-corrected chi connectivity index (χ3v) is 3.98. The topological polar surface area (TPSA) is 52.2 Å². The molecule has 0 unspecified atom stereocenters. The van der Waals surface area contributed by atoms with E-state index in [1.54, 1.807) is 14.1 Å². The molecule has 0 aliphatic rings. The molecule has 0 bridgehead atoms.